The Bertz CT molecular complexity index is 3730. The lowest BCUT2D eigenvalue weighted by atomic mass is 9.94. The average molecular weight is 764 g/mol. The third kappa shape index (κ3) is 4.77. The maximum atomic E-state index is 5.34. The minimum absolute atomic E-state index is 0.579. The molecule has 3 heterocycles. The molecule has 5 heteroatoms. The second-order valence-electron chi connectivity index (χ2n) is 15.6. The van der Waals surface area contributed by atoms with Crippen molar-refractivity contribution in [2.45, 2.75) is 0 Å². The summed E-state index contributed by atoms with van der Waals surface area (Å²) in [4.78, 5) is 15.9. The topological polar surface area (TPSA) is 48.5 Å². The van der Waals surface area contributed by atoms with E-state index in [0.717, 1.165) is 65.7 Å². The molecule has 0 atom stereocenters. The largest absolute Gasteiger partial charge is 0.309 e. The lowest BCUT2D eigenvalue weighted by Crippen LogP contribution is -2.06. The Hall–Kier alpha value is -8.15. The third-order valence-corrected chi connectivity index (χ3v) is 12.3. The van der Waals surface area contributed by atoms with E-state index in [1.165, 1.54) is 38.1 Å². The number of nitrogens with zero attached hydrogens (tertiary/aromatic N) is 5. The summed E-state index contributed by atoms with van der Waals surface area (Å²) in [6, 6.07) is 71.5. The zero-order chi connectivity index (χ0) is 39.3. The van der Waals surface area contributed by atoms with Crippen LogP contribution in [-0.4, -0.2) is 24.1 Å². The van der Waals surface area contributed by atoms with Gasteiger partial charge in [0, 0.05) is 38.4 Å². The van der Waals surface area contributed by atoms with Crippen LogP contribution in [0, 0.1) is 0 Å². The van der Waals surface area contributed by atoms with Crippen molar-refractivity contribution in [1.82, 2.24) is 24.1 Å². The molecule has 5 nitrogen and oxygen atoms in total. The molecule has 0 saturated heterocycles. The normalized spacial score (nSPS) is 12.0. The van der Waals surface area contributed by atoms with Crippen molar-refractivity contribution < 1.29 is 0 Å². The molecule has 0 bridgehead atoms. The molecule has 0 N–H and O–H groups in total. The Kier molecular flexibility index (Phi) is 6.95. The number of rotatable bonds is 5. The molecular weight excluding hydrogens is 731 g/mol. The van der Waals surface area contributed by atoms with Crippen molar-refractivity contribution in [3.05, 3.63) is 200 Å². The summed E-state index contributed by atoms with van der Waals surface area (Å²) < 4.78 is 4.62. The van der Waals surface area contributed by atoms with Crippen LogP contribution in [0.5, 0.6) is 0 Å². The Labute approximate surface area is 344 Å². The molecule has 60 heavy (non-hydrogen) atoms. The predicted octanol–water partition coefficient (Wildman–Crippen LogP) is 14.0. The maximum absolute atomic E-state index is 5.34. The molecule has 13 aromatic rings. The summed E-state index contributed by atoms with van der Waals surface area (Å²) in [5.74, 6) is 1.85. The molecule has 0 amide bonds. The zero-order valence-corrected chi connectivity index (χ0v) is 32.3. The van der Waals surface area contributed by atoms with Gasteiger partial charge >= 0.3 is 0 Å². The third-order valence-electron chi connectivity index (χ3n) is 12.3. The molecule has 3 aromatic heterocycles. The van der Waals surface area contributed by atoms with Gasteiger partial charge < -0.3 is 4.57 Å². The first-order chi connectivity index (χ1) is 29.8. The molecule has 13 rings (SSSR count). The second-order valence-corrected chi connectivity index (χ2v) is 15.6. The van der Waals surface area contributed by atoms with E-state index < -0.39 is 0 Å². The fourth-order valence-corrected chi connectivity index (χ4v) is 9.70. The molecule has 0 saturated carbocycles. The number of fused-ring (bicyclic) bond motifs is 5. The van der Waals surface area contributed by atoms with E-state index in [0.29, 0.717) is 17.6 Å². The lowest BCUT2D eigenvalue weighted by Gasteiger charge is -2.13. The highest BCUT2D eigenvalue weighted by Crippen LogP contribution is 2.44. The number of hydrogen-bond donors (Lipinski definition) is 0. The Balaban J connectivity index is 1.05. The monoisotopic (exact) mass is 763 g/mol. The smallest absolute Gasteiger partial charge is 0.238 e. The summed E-state index contributed by atoms with van der Waals surface area (Å²) in [5.41, 5.74) is 9.97. The summed E-state index contributed by atoms with van der Waals surface area (Å²) >= 11 is 0. The van der Waals surface area contributed by atoms with Crippen molar-refractivity contribution in [3.63, 3.8) is 0 Å². The molecular formula is C55H33N5. The first-order valence-corrected chi connectivity index (χ1v) is 20.4. The van der Waals surface area contributed by atoms with E-state index in [1.54, 1.807) is 0 Å². The molecule has 0 fully saturated rings. The maximum Gasteiger partial charge on any atom is 0.238 e. The molecule has 0 aliphatic rings. The van der Waals surface area contributed by atoms with Gasteiger partial charge in [0.2, 0.25) is 5.95 Å². The van der Waals surface area contributed by atoms with Crippen LogP contribution >= 0.6 is 0 Å². The van der Waals surface area contributed by atoms with Crippen LogP contribution in [0.25, 0.3) is 121 Å². The molecule has 0 aliphatic heterocycles. The van der Waals surface area contributed by atoms with Crippen molar-refractivity contribution in [3.8, 4) is 45.5 Å². The number of para-hydroxylation sites is 2. The van der Waals surface area contributed by atoms with Gasteiger partial charge in [0.1, 0.15) is 0 Å². The van der Waals surface area contributed by atoms with Gasteiger partial charge in [0.05, 0.1) is 22.1 Å². The Morgan fingerprint density at radius 1 is 0.300 bits per heavy atom. The van der Waals surface area contributed by atoms with E-state index >= 15 is 0 Å². The minimum atomic E-state index is 0.579. The molecule has 10 aromatic carbocycles. The molecule has 0 unspecified atom stereocenters. The highest BCUT2D eigenvalue weighted by Gasteiger charge is 2.22. The standard InChI is InChI=1S/C55H33N5/c1-2-18-38(19-3-1)59-49-26-12-17-36-27-29-43-41(30-32-50(59)52(43)51(36)49)37-28-31-48-46(33-37)42-22-8-9-25-47(42)60(48)55-57-53(44-23-10-15-34-13-4-6-20-39(34)44)56-54(58-55)45-24-11-16-35-14-5-7-21-40(35)45/h1-33H. The molecule has 0 radical (unpaired) electrons. The fourth-order valence-electron chi connectivity index (χ4n) is 9.70. The first-order valence-electron chi connectivity index (χ1n) is 20.4. The highest BCUT2D eigenvalue weighted by atomic mass is 15.2. The van der Waals surface area contributed by atoms with Crippen molar-refractivity contribution >= 4 is 75.9 Å². The highest BCUT2D eigenvalue weighted by molar-refractivity contribution is 6.27. The minimum Gasteiger partial charge on any atom is -0.309 e. The second kappa shape index (κ2) is 12.7. The van der Waals surface area contributed by atoms with Crippen LogP contribution in [0.3, 0.4) is 0 Å². The quantitative estimate of drug-likeness (QED) is 0.164. The van der Waals surface area contributed by atoms with Gasteiger partial charge in [-0.1, -0.05) is 158 Å². The van der Waals surface area contributed by atoms with Crippen LogP contribution in [-0.2, 0) is 0 Å². The Morgan fingerprint density at radius 2 is 0.867 bits per heavy atom. The number of aromatic nitrogens is 5. The van der Waals surface area contributed by atoms with Gasteiger partial charge in [-0.3, -0.25) is 4.57 Å². The summed E-state index contributed by atoms with van der Waals surface area (Å²) in [5, 5.41) is 11.8. The molecule has 278 valence electrons. The molecule has 0 aliphatic carbocycles. The summed E-state index contributed by atoms with van der Waals surface area (Å²) in [6.07, 6.45) is 0. The SMILES string of the molecule is c1ccc(-n2c3cccc4ccc5c(-c6ccc7c(c6)c6ccccc6n7-c6nc(-c7cccc8ccccc78)nc(-c7cccc8ccccc78)n6)ccc2c5c43)cc1. The fraction of sp³-hybridized carbons (Fsp3) is 0. The average Bonchev–Trinajstić information content (AvgIpc) is 3.84. The van der Waals surface area contributed by atoms with E-state index in [1.807, 2.05) is 0 Å². The van der Waals surface area contributed by atoms with Crippen LogP contribution in [0.2, 0.25) is 0 Å². The van der Waals surface area contributed by atoms with Crippen molar-refractivity contribution in [2.24, 2.45) is 0 Å². The lowest BCUT2D eigenvalue weighted by molar-refractivity contribution is 0.955. The van der Waals surface area contributed by atoms with E-state index in [4.69, 9.17) is 15.0 Å². The zero-order valence-electron chi connectivity index (χ0n) is 32.3. The van der Waals surface area contributed by atoms with Crippen LogP contribution in [0.1, 0.15) is 0 Å². The van der Waals surface area contributed by atoms with Gasteiger partial charge in [0.25, 0.3) is 0 Å². The van der Waals surface area contributed by atoms with E-state index in [2.05, 4.69) is 209 Å². The van der Waals surface area contributed by atoms with E-state index in [9.17, 15) is 0 Å². The van der Waals surface area contributed by atoms with Crippen molar-refractivity contribution in [1.29, 1.82) is 0 Å². The van der Waals surface area contributed by atoms with Crippen LogP contribution < -0.4 is 0 Å². The van der Waals surface area contributed by atoms with Crippen LogP contribution in [0.15, 0.2) is 200 Å². The van der Waals surface area contributed by atoms with E-state index in [-0.39, 0.29) is 0 Å². The van der Waals surface area contributed by atoms with Gasteiger partial charge in [0.15, 0.2) is 11.6 Å². The van der Waals surface area contributed by atoms with Crippen LogP contribution in [0.4, 0.5) is 0 Å². The number of hydrogen-bond acceptors (Lipinski definition) is 3. The Morgan fingerprint density at radius 3 is 1.62 bits per heavy atom. The van der Waals surface area contributed by atoms with Gasteiger partial charge in [-0.15, -0.1) is 0 Å². The number of benzene rings is 10. The predicted molar refractivity (Wildman–Crippen MR) is 249 cm³/mol. The van der Waals surface area contributed by atoms with Crippen molar-refractivity contribution in [2.75, 3.05) is 0 Å². The van der Waals surface area contributed by atoms with Gasteiger partial charge in [-0.2, -0.15) is 9.97 Å². The first kappa shape index (κ1) is 32.9. The molecule has 0 spiro atoms. The van der Waals surface area contributed by atoms with Gasteiger partial charge in [-0.25, -0.2) is 4.98 Å². The summed E-state index contributed by atoms with van der Waals surface area (Å²) in [7, 11) is 0. The summed E-state index contributed by atoms with van der Waals surface area (Å²) in [6.45, 7) is 0. The van der Waals surface area contributed by atoms with Gasteiger partial charge in [-0.05, 0) is 85.9 Å².